The van der Waals surface area contributed by atoms with E-state index in [9.17, 15) is 0 Å². The Morgan fingerprint density at radius 3 is 2.60 bits per heavy atom. The maximum absolute atomic E-state index is 5.60. The van der Waals surface area contributed by atoms with Gasteiger partial charge in [0.1, 0.15) is 18.1 Å². The van der Waals surface area contributed by atoms with E-state index in [0.29, 0.717) is 6.61 Å². The van der Waals surface area contributed by atoms with Crippen LogP contribution >= 0.6 is 15.9 Å². The molecule has 0 heterocycles. The highest BCUT2D eigenvalue weighted by atomic mass is 79.9. The molecule has 0 saturated heterocycles. The maximum Gasteiger partial charge on any atom is 0.133 e. The van der Waals surface area contributed by atoms with Gasteiger partial charge in [-0.1, -0.05) is 0 Å². The topological polar surface area (TPSA) is 21.7 Å². The van der Waals surface area contributed by atoms with E-state index in [2.05, 4.69) is 20.8 Å². The monoisotopic (exact) mass is 273 g/mol. The average molecular weight is 274 g/mol. The number of methoxy groups -OCH3 is 1. The first-order valence-corrected chi connectivity index (χ1v) is 5.54. The molecule has 0 unspecified atom stereocenters. The summed E-state index contributed by atoms with van der Waals surface area (Å²) < 4.78 is 11.6. The third kappa shape index (κ3) is 4.10. The molecule has 0 N–H and O–H groups in total. The molecule has 4 heteroatoms. The first-order chi connectivity index (χ1) is 7.13. The number of benzene rings is 1. The molecule has 0 amide bonds. The van der Waals surface area contributed by atoms with Crippen LogP contribution in [0, 0.1) is 0 Å². The zero-order chi connectivity index (χ0) is 11.3. The summed E-state index contributed by atoms with van der Waals surface area (Å²) in [6, 6.07) is 5.68. The zero-order valence-electron chi connectivity index (χ0n) is 9.29. The quantitative estimate of drug-likeness (QED) is 0.823. The first kappa shape index (κ1) is 12.3. The number of ether oxygens (including phenoxy) is 2. The number of likely N-dealkylation sites (N-methyl/N-ethyl adjacent to an activating group) is 1. The Kier molecular flexibility index (Phi) is 4.91. The Hall–Kier alpha value is -0.740. The maximum atomic E-state index is 5.60. The molecule has 0 atom stereocenters. The molecule has 3 nitrogen and oxygen atoms in total. The number of rotatable bonds is 5. The minimum absolute atomic E-state index is 0.679. The van der Waals surface area contributed by atoms with Crippen molar-refractivity contribution < 1.29 is 9.47 Å². The molecule has 0 aliphatic carbocycles. The van der Waals surface area contributed by atoms with E-state index in [1.165, 1.54) is 0 Å². The lowest BCUT2D eigenvalue weighted by molar-refractivity contribution is 0.260. The average Bonchev–Trinajstić information content (AvgIpc) is 2.20. The Labute approximate surface area is 99.1 Å². The van der Waals surface area contributed by atoms with Gasteiger partial charge in [0.2, 0.25) is 0 Å². The van der Waals surface area contributed by atoms with Gasteiger partial charge in [0.25, 0.3) is 0 Å². The molecule has 0 radical (unpaired) electrons. The van der Waals surface area contributed by atoms with Gasteiger partial charge in [0.05, 0.1) is 11.6 Å². The molecule has 0 aromatic heterocycles. The van der Waals surface area contributed by atoms with Gasteiger partial charge in [0, 0.05) is 6.54 Å². The normalized spacial score (nSPS) is 10.5. The van der Waals surface area contributed by atoms with Gasteiger partial charge < -0.3 is 14.4 Å². The van der Waals surface area contributed by atoms with Crippen LogP contribution < -0.4 is 9.47 Å². The lowest BCUT2D eigenvalue weighted by Crippen LogP contribution is -2.19. The predicted molar refractivity (Wildman–Crippen MR) is 64.7 cm³/mol. The highest BCUT2D eigenvalue weighted by Gasteiger charge is 2.02. The van der Waals surface area contributed by atoms with E-state index >= 15 is 0 Å². The van der Waals surface area contributed by atoms with Crippen LogP contribution in [-0.2, 0) is 0 Å². The largest absolute Gasteiger partial charge is 0.497 e. The van der Waals surface area contributed by atoms with Crippen molar-refractivity contribution in [1.29, 1.82) is 0 Å². The Balaban J connectivity index is 2.54. The van der Waals surface area contributed by atoms with E-state index in [1.807, 2.05) is 32.3 Å². The molecule has 1 aromatic rings. The molecule has 0 fully saturated rings. The van der Waals surface area contributed by atoms with Gasteiger partial charge >= 0.3 is 0 Å². The van der Waals surface area contributed by atoms with E-state index in [0.717, 1.165) is 22.5 Å². The van der Waals surface area contributed by atoms with Gasteiger partial charge in [0.15, 0.2) is 0 Å². The van der Waals surface area contributed by atoms with Gasteiger partial charge in [-0.15, -0.1) is 0 Å². The lowest BCUT2D eigenvalue weighted by atomic mass is 10.3. The highest BCUT2D eigenvalue weighted by molar-refractivity contribution is 9.10. The van der Waals surface area contributed by atoms with Crippen LogP contribution in [0.1, 0.15) is 0 Å². The van der Waals surface area contributed by atoms with Crippen molar-refractivity contribution in [3.05, 3.63) is 22.7 Å². The molecular formula is C11H16BrNO2. The van der Waals surface area contributed by atoms with Crippen molar-refractivity contribution >= 4 is 15.9 Å². The van der Waals surface area contributed by atoms with Crippen LogP contribution in [-0.4, -0.2) is 39.3 Å². The smallest absolute Gasteiger partial charge is 0.133 e. The van der Waals surface area contributed by atoms with Crippen LogP contribution in [0.25, 0.3) is 0 Å². The summed E-state index contributed by atoms with van der Waals surface area (Å²) in [6.07, 6.45) is 0. The second-order valence-electron chi connectivity index (χ2n) is 3.45. The summed E-state index contributed by atoms with van der Waals surface area (Å²) in [5.41, 5.74) is 0. The predicted octanol–water partition coefficient (Wildman–Crippen LogP) is 2.40. The fourth-order valence-electron chi connectivity index (χ4n) is 1.06. The number of halogens is 1. The van der Waals surface area contributed by atoms with Crippen molar-refractivity contribution in [1.82, 2.24) is 4.90 Å². The van der Waals surface area contributed by atoms with Gasteiger partial charge in [-0.3, -0.25) is 0 Å². The molecule has 0 aliphatic rings. The summed E-state index contributed by atoms with van der Waals surface area (Å²) in [5.74, 6) is 1.67. The molecule has 0 bridgehead atoms. The number of nitrogens with zero attached hydrogens (tertiary/aromatic N) is 1. The zero-order valence-corrected chi connectivity index (χ0v) is 10.9. The van der Waals surface area contributed by atoms with Gasteiger partial charge in [-0.2, -0.15) is 0 Å². The van der Waals surface area contributed by atoms with Crippen molar-refractivity contribution in [3.8, 4) is 11.5 Å². The van der Waals surface area contributed by atoms with Gasteiger partial charge in [-0.25, -0.2) is 0 Å². The fraction of sp³-hybridized carbons (Fsp3) is 0.455. The van der Waals surface area contributed by atoms with Crippen LogP contribution in [0.3, 0.4) is 0 Å². The molecule has 84 valence electrons. The summed E-state index contributed by atoms with van der Waals surface area (Å²) in [5, 5.41) is 0. The van der Waals surface area contributed by atoms with Crippen molar-refractivity contribution in [3.63, 3.8) is 0 Å². The molecular weight excluding hydrogens is 258 g/mol. The second kappa shape index (κ2) is 5.98. The van der Waals surface area contributed by atoms with E-state index in [4.69, 9.17) is 9.47 Å². The van der Waals surface area contributed by atoms with E-state index in [-0.39, 0.29) is 0 Å². The third-order valence-corrected chi connectivity index (χ3v) is 2.55. The highest BCUT2D eigenvalue weighted by Crippen LogP contribution is 2.28. The standard InChI is InChI=1S/C11H16BrNO2/c1-13(2)6-7-15-11-5-4-9(14-3)8-10(11)12/h4-5,8H,6-7H2,1-3H3. The van der Waals surface area contributed by atoms with Crippen molar-refractivity contribution in [2.45, 2.75) is 0 Å². The van der Waals surface area contributed by atoms with Crippen molar-refractivity contribution in [2.24, 2.45) is 0 Å². The number of hydrogen-bond donors (Lipinski definition) is 0. The molecule has 0 aliphatic heterocycles. The van der Waals surface area contributed by atoms with Crippen LogP contribution in [0.4, 0.5) is 0 Å². The van der Waals surface area contributed by atoms with Crippen LogP contribution in [0.2, 0.25) is 0 Å². The third-order valence-electron chi connectivity index (χ3n) is 1.94. The van der Waals surface area contributed by atoms with Gasteiger partial charge in [-0.05, 0) is 48.2 Å². The summed E-state index contributed by atoms with van der Waals surface area (Å²) >= 11 is 3.44. The van der Waals surface area contributed by atoms with E-state index in [1.54, 1.807) is 7.11 Å². The summed E-state index contributed by atoms with van der Waals surface area (Å²) in [7, 11) is 5.69. The van der Waals surface area contributed by atoms with E-state index < -0.39 is 0 Å². The first-order valence-electron chi connectivity index (χ1n) is 4.74. The van der Waals surface area contributed by atoms with Crippen LogP contribution in [0.5, 0.6) is 11.5 Å². The summed E-state index contributed by atoms with van der Waals surface area (Å²) in [6.45, 7) is 1.58. The summed E-state index contributed by atoms with van der Waals surface area (Å²) in [4.78, 5) is 2.08. The van der Waals surface area contributed by atoms with Crippen molar-refractivity contribution in [2.75, 3.05) is 34.4 Å². The molecule has 15 heavy (non-hydrogen) atoms. The van der Waals surface area contributed by atoms with Crippen LogP contribution in [0.15, 0.2) is 22.7 Å². The Morgan fingerprint density at radius 1 is 1.33 bits per heavy atom. The fourth-order valence-corrected chi connectivity index (χ4v) is 1.54. The molecule has 0 saturated carbocycles. The Bertz CT molecular complexity index is 315. The minimum Gasteiger partial charge on any atom is -0.497 e. The minimum atomic E-state index is 0.679. The Morgan fingerprint density at radius 2 is 2.07 bits per heavy atom. The molecule has 0 spiro atoms. The molecule has 1 aromatic carbocycles. The SMILES string of the molecule is COc1ccc(OCCN(C)C)c(Br)c1. The second-order valence-corrected chi connectivity index (χ2v) is 4.30. The molecule has 1 rings (SSSR count). The number of hydrogen-bond acceptors (Lipinski definition) is 3. The lowest BCUT2D eigenvalue weighted by Gasteiger charge is -2.12.